The van der Waals surface area contributed by atoms with Gasteiger partial charge in [0.25, 0.3) is 0 Å². The number of likely N-dealkylation sites (N-methyl/N-ethyl adjacent to an activating group) is 1. The molecule has 2 N–H and O–H groups in total. The summed E-state index contributed by atoms with van der Waals surface area (Å²) in [7, 11) is 3.19. The molecule has 0 fully saturated rings. The van der Waals surface area contributed by atoms with Crippen LogP contribution in [-0.2, 0) is 9.59 Å². The van der Waals surface area contributed by atoms with Crippen LogP contribution in [0.2, 0.25) is 5.02 Å². The minimum Gasteiger partial charge on any atom is -0.495 e. The number of nitrogens with zero attached hydrogens (tertiary/aromatic N) is 1. The van der Waals surface area contributed by atoms with Crippen molar-refractivity contribution >= 4 is 34.8 Å². The van der Waals surface area contributed by atoms with E-state index < -0.39 is 0 Å². The maximum absolute atomic E-state index is 12.3. The van der Waals surface area contributed by atoms with Crippen molar-refractivity contribution in [3.05, 3.63) is 52.5 Å². The SMILES string of the molecule is COc1ccc(Cl)cc1NCCC(=O)N(C)CC(=O)Nc1cccc(C)c1C. The predicted octanol–water partition coefficient (Wildman–Crippen LogP) is 3.86. The Labute approximate surface area is 170 Å². The fraction of sp³-hybridized carbons (Fsp3) is 0.333. The Morgan fingerprint density at radius 1 is 1.14 bits per heavy atom. The molecule has 2 rings (SSSR count). The summed E-state index contributed by atoms with van der Waals surface area (Å²) >= 11 is 6.00. The van der Waals surface area contributed by atoms with E-state index in [1.165, 1.54) is 4.90 Å². The molecule has 2 aromatic rings. The standard InChI is InChI=1S/C21H26ClN3O3/c1-14-6-5-7-17(15(14)2)24-20(26)13-25(3)21(27)10-11-23-18-12-16(22)8-9-19(18)28-4/h5-9,12,23H,10-11,13H2,1-4H3,(H,24,26). The number of rotatable bonds is 8. The number of nitrogens with one attached hydrogen (secondary N) is 2. The summed E-state index contributed by atoms with van der Waals surface area (Å²) in [5, 5.41) is 6.58. The molecule has 2 amide bonds. The van der Waals surface area contributed by atoms with Crippen molar-refractivity contribution in [1.82, 2.24) is 4.90 Å². The molecule has 0 aromatic heterocycles. The lowest BCUT2D eigenvalue weighted by molar-refractivity contribution is -0.133. The molecule has 0 aliphatic rings. The van der Waals surface area contributed by atoms with Crippen LogP contribution in [0, 0.1) is 13.8 Å². The van der Waals surface area contributed by atoms with Crippen LogP contribution >= 0.6 is 11.6 Å². The van der Waals surface area contributed by atoms with Gasteiger partial charge in [0.2, 0.25) is 11.8 Å². The van der Waals surface area contributed by atoms with E-state index in [2.05, 4.69) is 10.6 Å². The first kappa shape index (κ1) is 21.6. The second-order valence-corrected chi connectivity index (χ2v) is 7.00. The van der Waals surface area contributed by atoms with Crippen molar-refractivity contribution in [3.63, 3.8) is 0 Å². The molecule has 0 aliphatic carbocycles. The number of carbonyl (C=O) groups is 2. The zero-order valence-corrected chi connectivity index (χ0v) is 17.4. The Morgan fingerprint density at radius 2 is 1.89 bits per heavy atom. The number of amides is 2. The van der Waals surface area contributed by atoms with Gasteiger partial charge in [0, 0.05) is 30.7 Å². The van der Waals surface area contributed by atoms with Gasteiger partial charge in [0.1, 0.15) is 5.75 Å². The number of hydrogen-bond acceptors (Lipinski definition) is 4. The van der Waals surface area contributed by atoms with Crippen LogP contribution in [0.1, 0.15) is 17.5 Å². The quantitative estimate of drug-likeness (QED) is 0.702. The Bertz CT molecular complexity index is 855. The fourth-order valence-electron chi connectivity index (χ4n) is 2.69. The summed E-state index contributed by atoms with van der Waals surface area (Å²) in [4.78, 5) is 26.0. The summed E-state index contributed by atoms with van der Waals surface area (Å²) in [5.74, 6) is 0.289. The number of ether oxygens (including phenoxy) is 1. The molecule has 0 saturated carbocycles. The molecule has 6 nitrogen and oxygen atoms in total. The molecule has 7 heteroatoms. The van der Waals surface area contributed by atoms with Crippen molar-refractivity contribution in [1.29, 1.82) is 0 Å². The van der Waals surface area contributed by atoms with Crippen molar-refractivity contribution in [2.45, 2.75) is 20.3 Å². The van der Waals surface area contributed by atoms with E-state index >= 15 is 0 Å². The maximum Gasteiger partial charge on any atom is 0.243 e. The zero-order chi connectivity index (χ0) is 20.7. The first-order valence-corrected chi connectivity index (χ1v) is 9.37. The fourth-order valence-corrected chi connectivity index (χ4v) is 2.87. The van der Waals surface area contributed by atoms with Gasteiger partial charge >= 0.3 is 0 Å². The van der Waals surface area contributed by atoms with E-state index in [9.17, 15) is 9.59 Å². The van der Waals surface area contributed by atoms with Crippen molar-refractivity contribution in [3.8, 4) is 5.75 Å². The molecule has 0 saturated heterocycles. The van der Waals surface area contributed by atoms with Gasteiger partial charge in [-0.25, -0.2) is 0 Å². The lowest BCUT2D eigenvalue weighted by atomic mass is 10.1. The summed E-state index contributed by atoms with van der Waals surface area (Å²) in [6.45, 7) is 4.34. The van der Waals surface area contributed by atoms with Gasteiger partial charge in [0.05, 0.1) is 19.3 Å². The van der Waals surface area contributed by atoms with E-state index in [1.807, 2.05) is 32.0 Å². The molecule has 0 heterocycles. The van der Waals surface area contributed by atoms with Crippen LogP contribution in [0.5, 0.6) is 5.75 Å². The van der Waals surface area contributed by atoms with E-state index in [0.29, 0.717) is 17.3 Å². The molecule has 2 aromatic carbocycles. The molecule has 0 atom stereocenters. The zero-order valence-electron chi connectivity index (χ0n) is 16.6. The molecular weight excluding hydrogens is 378 g/mol. The number of anilines is 2. The molecule has 0 unspecified atom stereocenters. The molecular formula is C21H26ClN3O3. The van der Waals surface area contributed by atoms with Crippen LogP contribution in [0.3, 0.4) is 0 Å². The van der Waals surface area contributed by atoms with E-state index in [1.54, 1.807) is 32.4 Å². The minimum absolute atomic E-state index is 0.00724. The van der Waals surface area contributed by atoms with Crippen molar-refractivity contribution in [2.75, 3.05) is 37.9 Å². The van der Waals surface area contributed by atoms with Crippen LogP contribution in [-0.4, -0.2) is 44.0 Å². The summed E-state index contributed by atoms with van der Waals surface area (Å²) in [6, 6.07) is 11.0. The highest BCUT2D eigenvalue weighted by atomic mass is 35.5. The van der Waals surface area contributed by atoms with Gasteiger partial charge in [-0.2, -0.15) is 0 Å². The number of halogens is 1. The van der Waals surface area contributed by atoms with Crippen LogP contribution in [0.15, 0.2) is 36.4 Å². The highest BCUT2D eigenvalue weighted by Gasteiger charge is 2.14. The van der Waals surface area contributed by atoms with E-state index in [4.69, 9.17) is 16.3 Å². The predicted molar refractivity (Wildman–Crippen MR) is 113 cm³/mol. The van der Waals surface area contributed by atoms with Crippen LogP contribution < -0.4 is 15.4 Å². The normalized spacial score (nSPS) is 10.3. The second-order valence-electron chi connectivity index (χ2n) is 6.57. The number of carbonyl (C=O) groups excluding carboxylic acids is 2. The Morgan fingerprint density at radius 3 is 2.61 bits per heavy atom. The molecule has 0 bridgehead atoms. The smallest absolute Gasteiger partial charge is 0.243 e. The average molecular weight is 404 g/mol. The highest BCUT2D eigenvalue weighted by Crippen LogP contribution is 2.27. The summed E-state index contributed by atoms with van der Waals surface area (Å²) in [6.07, 6.45) is 0.239. The van der Waals surface area contributed by atoms with Gasteiger partial charge in [-0.15, -0.1) is 0 Å². The first-order valence-electron chi connectivity index (χ1n) is 8.99. The molecule has 28 heavy (non-hydrogen) atoms. The lowest BCUT2D eigenvalue weighted by Gasteiger charge is -2.18. The number of benzene rings is 2. The monoisotopic (exact) mass is 403 g/mol. The average Bonchev–Trinajstić information content (AvgIpc) is 2.65. The van der Waals surface area contributed by atoms with Crippen molar-refractivity contribution in [2.24, 2.45) is 0 Å². The summed E-state index contributed by atoms with van der Waals surface area (Å²) < 4.78 is 5.26. The number of methoxy groups -OCH3 is 1. The number of hydrogen-bond donors (Lipinski definition) is 2. The van der Waals surface area contributed by atoms with Crippen LogP contribution in [0.4, 0.5) is 11.4 Å². The van der Waals surface area contributed by atoms with Gasteiger partial charge in [-0.3, -0.25) is 9.59 Å². The van der Waals surface area contributed by atoms with E-state index in [0.717, 1.165) is 22.5 Å². The number of aryl methyl sites for hydroxylation is 1. The first-order chi connectivity index (χ1) is 13.3. The Hall–Kier alpha value is -2.73. The van der Waals surface area contributed by atoms with Gasteiger partial charge in [-0.1, -0.05) is 23.7 Å². The Balaban J connectivity index is 1.83. The topological polar surface area (TPSA) is 70.7 Å². The Kier molecular flexibility index (Phi) is 7.70. The highest BCUT2D eigenvalue weighted by molar-refractivity contribution is 6.30. The summed E-state index contributed by atoms with van der Waals surface area (Å²) in [5.41, 5.74) is 3.60. The molecule has 150 valence electrons. The third-order valence-electron chi connectivity index (χ3n) is 4.50. The third kappa shape index (κ3) is 5.89. The third-order valence-corrected chi connectivity index (χ3v) is 4.74. The second kappa shape index (κ2) is 9.99. The van der Waals surface area contributed by atoms with Gasteiger partial charge < -0.3 is 20.3 Å². The molecule has 0 aliphatic heterocycles. The van der Waals surface area contributed by atoms with Gasteiger partial charge in [-0.05, 0) is 49.2 Å². The maximum atomic E-state index is 12.3. The van der Waals surface area contributed by atoms with Gasteiger partial charge in [0.15, 0.2) is 0 Å². The van der Waals surface area contributed by atoms with E-state index in [-0.39, 0.29) is 24.8 Å². The van der Waals surface area contributed by atoms with Crippen molar-refractivity contribution < 1.29 is 14.3 Å². The molecule has 0 spiro atoms. The minimum atomic E-state index is -0.228. The largest absolute Gasteiger partial charge is 0.495 e. The van der Waals surface area contributed by atoms with Crippen LogP contribution in [0.25, 0.3) is 0 Å². The lowest BCUT2D eigenvalue weighted by Crippen LogP contribution is -2.35. The molecule has 0 radical (unpaired) electrons.